The number of rotatable bonds is 1. The number of aryl methyl sites for hydroxylation is 1. The number of benzene rings is 1. The quantitative estimate of drug-likeness (QED) is 0.630. The molecule has 0 bridgehead atoms. The molecule has 1 rings (SSSR count). The van der Waals surface area contributed by atoms with Gasteiger partial charge in [-0.05, 0) is 18.1 Å². The van der Waals surface area contributed by atoms with Crippen molar-refractivity contribution in [2.24, 2.45) is 0 Å². The number of nitriles is 1. The average molecular weight is 167 g/mol. The predicted octanol–water partition coefficient (Wildman–Crippen LogP) is 2.40. The first-order chi connectivity index (χ1) is 5.70. The van der Waals surface area contributed by atoms with Crippen molar-refractivity contribution < 1.29 is 8.78 Å². The molecule has 1 nitrogen and oxygen atoms in total. The molecule has 0 aliphatic rings. The number of hydrogen-bond acceptors (Lipinski definition) is 1. The molecule has 0 atom stereocenters. The van der Waals surface area contributed by atoms with Crippen LogP contribution >= 0.6 is 0 Å². The van der Waals surface area contributed by atoms with Gasteiger partial charge in [0.05, 0.1) is 0 Å². The van der Waals surface area contributed by atoms with Crippen LogP contribution in [0.3, 0.4) is 0 Å². The highest BCUT2D eigenvalue weighted by atomic mass is 19.1. The summed E-state index contributed by atoms with van der Waals surface area (Å²) in [5.74, 6) is -1.53. The Hall–Kier alpha value is -1.43. The van der Waals surface area contributed by atoms with Crippen LogP contribution in [0.25, 0.3) is 0 Å². The molecule has 0 aliphatic heterocycles. The summed E-state index contributed by atoms with van der Waals surface area (Å²) in [5.41, 5.74) is -0.123. The SMILES string of the molecule is CCc1ccc(F)c(C#N)c1F. The molecule has 3 heteroatoms. The van der Waals surface area contributed by atoms with Crippen molar-refractivity contribution in [2.45, 2.75) is 13.3 Å². The Kier molecular flexibility index (Phi) is 2.39. The van der Waals surface area contributed by atoms with Gasteiger partial charge in [-0.15, -0.1) is 0 Å². The second-order valence-corrected chi connectivity index (χ2v) is 2.36. The number of halogens is 2. The van der Waals surface area contributed by atoms with Crippen LogP contribution in [0.2, 0.25) is 0 Å². The molecule has 0 radical (unpaired) electrons. The minimum atomic E-state index is -0.799. The smallest absolute Gasteiger partial charge is 0.147 e. The van der Waals surface area contributed by atoms with Crippen LogP contribution in [0.5, 0.6) is 0 Å². The van der Waals surface area contributed by atoms with E-state index in [-0.39, 0.29) is 0 Å². The molecule has 1 aromatic rings. The Labute approximate surface area is 69.2 Å². The van der Waals surface area contributed by atoms with E-state index in [1.807, 2.05) is 0 Å². The van der Waals surface area contributed by atoms with Gasteiger partial charge in [0.25, 0.3) is 0 Å². The van der Waals surface area contributed by atoms with Crippen molar-refractivity contribution in [3.05, 3.63) is 34.9 Å². The summed E-state index contributed by atoms with van der Waals surface area (Å²) in [7, 11) is 0. The van der Waals surface area contributed by atoms with Crippen LogP contribution in [-0.2, 0) is 6.42 Å². The Morgan fingerprint density at radius 2 is 2.08 bits per heavy atom. The lowest BCUT2D eigenvalue weighted by Crippen LogP contribution is -1.95. The lowest BCUT2D eigenvalue weighted by Gasteiger charge is -2.00. The van der Waals surface area contributed by atoms with Crippen molar-refractivity contribution in [3.8, 4) is 6.07 Å². The van der Waals surface area contributed by atoms with E-state index in [0.717, 1.165) is 6.07 Å². The molecule has 12 heavy (non-hydrogen) atoms. The molecule has 0 N–H and O–H groups in total. The van der Waals surface area contributed by atoms with Gasteiger partial charge >= 0.3 is 0 Å². The van der Waals surface area contributed by atoms with Crippen molar-refractivity contribution in [1.82, 2.24) is 0 Å². The molecule has 0 aliphatic carbocycles. The summed E-state index contributed by atoms with van der Waals surface area (Å²) in [5, 5.41) is 8.39. The summed E-state index contributed by atoms with van der Waals surface area (Å²) in [6.45, 7) is 1.75. The van der Waals surface area contributed by atoms with E-state index in [1.54, 1.807) is 6.92 Å². The van der Waals surface area contributed by atoms with Gasteiger partial charge in [0.2, 0.25) is 0 Å². The van der Waals surface area contributed by atoms with Gasteiger partial charge in [-0.25, -0.2) is 8.78 Å². The normalized spacial score (nSPS) is 9.50. The molecular formula is C9H7F2N. The Balaban J connectivity index is 3.36. The maximum atomic E-state index is 13.1. The molecule has 0 amide bonds. The molecule has 0 heterocycles. The lowest BCUT2D eigenvalue weighted by molar-refractivity contribution is 0.567. The topological polar surface area (TPSA) is 23.8 Å². The Morgan fingerprint density at radius 3 is 2.58 bits per heavy atom. The van der Waals surface area contributed by atoms with E-state index < -0.39 is 17.2 Å². The van der Waals surface area contributed by atoms with Gasteiger partial charge in [0, 0.05) is 0 Å². The van der Waals surface area contributed by atoms with E-state index in [0.29, 0.717) is 12.0 Å². The molecule has 1 aromatic carbocycles. The highest BCUT2D eigenvalue weighted by Gasteiger charge is 2.11. The zero-order valence-corrected chi connectivity index (χ0v) is 6.56. The fourth-order valence-corrected chi connectivity index (χ4v) is 0.971. The van der Waals surface area contributed by atoms with Gasteiger partial charge in [-0.1, -0.05) is 13.0 Å². The van der Waals surface area contributed by atoms with E-state index in [1.165, 1.54) is 12.1 Å². The molecule has 0 saturated carbocycles. The Morgan fingerprint density at radius 1 is 1.42 bits per heavy atom. The number of nitrogens with zero attached hydrogens (tertiary/aromatic N) is 1. The molecule has 62 valence electrons. The largest absolute Gasteiger partial charge is 0.205 e. The maximum absolute atomic E-state index is 13.1. The van der Waals surface area contributed by atoms with Crippen molar-refractivity contribution in [1.29, 1.82) is 5.26 Å². The lowest BCUT2D eigenvalue weighted by atomic mass is 10.1. The zero-order chi connectivity index (χ0) is 9.14. The molecular weight excluding hydrogens is 160 g/mol. The van der Waals surface area contributed by atoms with Gasteiger partial charge in [0.15, 0.2) is 0 Å². The summed E-state index contributed by atoms with van der Waals surface area (Å²) in [6, 6.07) is 3.95. The standard InChI is InChI=1S/C9H7F2N/c1-2-6-3-4-8(10)7(5-12)9(6)11/h3-4H,2H2,1H3. The fourth-order valence-electron chi connectivity index (χ4n) is 0.971. The highest BCUT2D eigenvalue weighted by Crippen LogP contribution is 2.15. The monoisotopic (exact) mass is 167 g/mol. The van der Waals surface area contributed by atoms with Crippen molar-refractivity contribution >= 4 is 0 Å². The molecule has 0 spiro atoms. The second kappa shape index (κ2) is 3.31. The van der Waals surface area contributed by atoms with Gasteiger partial charge in [0.1, 0.15) is 23.3 Å². The number of hydrogen-bond donors (Lipinski definition) is 0. The van der Waals surface area contributed by atoms with Gasteiger partial charge in [-0.2, -0.15) is 5.26 Å². The van der Waals surface area contributed by atoms with Crippen molar-refractivity contribution in [3.63, 3.8) is 0 Å². The predicted molar refractivity (Wildman–Crippen MR) is 40.5 cm³/mol. The first-order valence-electron chi connectivity index (χ1n) is 3.57. The third-order valence-electron chi connectivity index (χ3n) is 1.66. The summed E-state index contributed by atoms with van der Waals surface area (Å²) >= 11 is 0. The summed E-state index contributed by atoms with van der Waals surface area (Å²) in [4.78, 5) is 0. The molecule has 0 unspecified atom stereocenters. The van der Waals surface area contributed by atoms with Crippen LogP contribution in [0.1, 0.15) is 18.1 Å². The summed E-state index contributed by atoms with van der Waals surface area (Å²) in [6.07, 6.45) is 0.459. The first kappa shape index (κ1) is 8.66. The third-order valence-corrected chi connectivity index (χ3v) is 1.66. The third kappa shape index (κ3) is 1.28. The summed E-state index contributed by atoms with van der Waals surface area (Å²) < 4.78 is 25.8. The van der Waals surface area contributed by atoms with Crippen molar-refractivity contribution in [2.75, 3.05) is 0 Å². The minimum Gasteiger partial charge on any atom is -0.205 e. The molecule has 0 saturated heterocycles. The van der Waals surface area contributed by atoms with E-state index in [4.69, 9.17) is 5.26 Å². The molecule has 0 fully saturated rings. The van der Waals surface area contributed by atoms with Crippen LogP contribution in [0, 0.1) is 23.0 Å². The highest BCUT2D eigenvalue weighted by molar-refractivity contribution is 5.36. The van der Waals surface area contributed by atoms with Gasteiger partial charge < -0.3 is 0 Å². The van der Waals surface area contributed by atoms with E-state index in [9.17, 15) is 8.78 Å². The maximum Gasteiger partial charge on any atom is 0.147 e. The Bertz CT molecular complexity index is 339. The van der Waals surface area contributed by atoms with Crippen LogP contribution < -0.4 is 0 Å². The van der Waals surface area contributed by atoms with E-state index >= 15 is 0 Å². The average Bonchev–Trinajstić information content (AvgIpc) is 2.06. The van der Waals surface area contributed by atoms with Crippen LogP contribution in [0.4, 0.5) is 8.78 Å². The van der Waals surface area contributed by atoms with Crippen LogP contribution in [-0.4, -0.2) is 0 Å². The first-order valence-corrected chi connectivity index (χ1v) is 3.57. The molecule has 0 aromatic heterocycles. The zero-order valence-electron chi connectivity index (χ0n) is 6.56. The van der Waals surface area contributed by atoms with Gasteiger partial charge in [-0.3, -0.25) is 0 Å². The fraction of sp³-hybridized carbons (Fsp3) is 0.222. The van der Waals surface area contributed by atoms with Crippen LogP contribution in [0.15, 0.2) is 12.1 Å². The van der Waals surface area contributed by atoms with E-state index in [2.05, 4.69) is 0 Å². The second-order valence-electron chi connectivity index (χ2n) is 2.36. The minimum absolute atomic E-state index is 0.368.